The van der Waals surface area contributed by atoms with Crippen LogP contribution in [-0.4, -0.2) is 34.2 Å². The average molecular weight is 337 g/mol. The molecule has 1 saturated heterocycles. The summed E-state index contributed by atoms with van der Waals surface area (Å²) in [5, 5.41) is 0.655. The third kappa shape index (κ3) is 4.17. The van der Waals surface area contributed by atoms with Crippen LogP contribution >= 0.6 is 11.6 Å². The fourth-order valence-corrected chi connectivity index (χ4v) is 3.48. The smallest absolute Gasteiger partial charge is 0.410 e. The Labute approximate surface area is 143 Å². The number of pyridine rings is 1. The molecule has 4 nitrogen and oxygen atoms in total. The molecule has 2 aliphatic rings. The summed E-state index contributed by atoms with van der Waals surface area (Å²) in [5.74, 6) is 0. The van der Waals surface area contributed by atoms with Crippen LogP contribution in [0.3, 0.4) is 0 Å². The van der Waals surface area contributed by atoms with Crippen LogP contribution in [0.15, 0.2) is 18.3 Å². The van der Waals surface area contributed by atoms with Crippen molar-refractivity contribution in [2.45, 2.75) is 64.5 Å². The maximum atomic E-state index is 12.5. The number of halogens is 1. The van der Waals surface area contributed by atoms with Crippen molar-refractivity contribution in [1.82, 2.24) is 9.88 Å². The number of aryl methyl sites for hydroxylation is 1. The minimum Gasteiger partial charge on any atom is -0.444 e. The van der Waals surface area contributed by atoms with Crippen molar-refractivity contribution in [3.63, 3.8) is 0 Å². The molecule has 23 heavy (non-hydrogen) atoms. The first-order valence-corrected chi connectivity index (χ1v) is 8.74. The van der Waals surface area contributed by atoms with Gasteiger partial charge in [-0.05, 0) is 70.4 Å². The summed E-state index contributed by atoms with van der Waals surface area (Å²) in [5.41, 5.74) is 0.948. The van der Waals surface area contributed by atoms with Gasteiger partial charge in [-0.1, -0.05) is 11.6 Å². The molecular weight excluding hydrogens is 312 g/mol. The van der Waals surface area contributed by atoms with E-state index in [2.05, 4.69) is 4.98 Å². The minimum atomic E-state index is -0.446. The second-order valence-electron chi connectivity index (χ2n) is 7.97. The van der Waals surface area contributed by atoms with Crippen molar-refractivity contribution in [1.29, 1.82) is 0 Å². The van der Waals surface area contributed by atoms with E-state index in [0.29, 0.717) is 10.4 Å². The number of hydrogen-bond donors (Lipinski definition) is 0. The van der Waals surface area contributed by atoms with Gasteiger partial charge in [-0.3, -0.25) is 4.98 Å². The van der Waals surface area contributed by atoms with Gasteiger partial charge in [0.25, 0.3) is 0 Å². The van der Waals surface area contributed by atoms with Gasteiger partial charge in [0.05, 0.1) is 5.02 Å². The highest BCUT2D eigenvalue weighted by molar-refractivity contribution is 6.30. The predicted octanol–water partition coefficient (Wildman–Crippen LogP) is 4.46. The molecule has 2 heterocycles. The number of rotatable bonds is 3. The number of likely N-dealkylation sites (tertiary alicyclic amines) is 1. The standard InChI is InChI=1S/C18H25ClN2O2/c1-17(2,3)23-16(22)21-12-18(8-9-18)10-15(21)7-6-14-5-4-13(19)11-20-14/h4-5,11,15H,6-10,12H2,1-3H3/t15-/m1/s1. The number of nitrogens with zero attached hydrogens (tertiary/aromatic N) is 2. The van der Waals surface area contributed by atoms with E-state index in [1.807, 2.05) is 37.8 Å². The highest BCUT2D eigenvalue weighted by Crippen LogP contribution is 2.55. The molecule has 1 amide bonds. The highest BCUT2D eigenvalue weighted by Gasteiger charge is 2.53. The lowest BCUT2D eigenvalue weighted by molar-refractivity contribution is 0.0214. The Morgan fingerprint density at radius 3 is 2.74 bits per heavy atom. The monoisotopic (exact) mass is 336 g/mol. The summed E-state index contributed by atoms with van der Waals surface area (Å²) in [7, 11) is 0. The van der Waals surface area contributed by atoms with Gasteiger partial charge in [0, 0.05) is 24.5 Å². The first-order chi connectivity index (χ1) is 10.8. The topological polar surface area (TPSA) is 42.4 Å². The molecule has 3 rings (SSSR count). The maximum Gasteiger partial charge on any atom is 0.410 e. The molecule has 1 saturated carbocycles. The molecule has 126 valence electrons. The number of aromatic nitrogens is 1. The van der Waals surface area contributed by atoms with Crippen molar-refractivity contribution in [3.8, 4) is 0 Å². The quantitative estimate of drug-likeness (QED) is 0.818. The number of ether oxygens (including phenoxy) is 1. The molecule has 0 N–H and O–H groups in total. The lowest BCUT2D eigenvalue weighted by Gasteiger charge is -2.28. The van der Waals surface area contributed by atoms with Gasteiger partial charge in [0.15, 0.2) is 0 Å². The van der Waals surface area contributed by atoms with Crippen LogP contribution < -0.4 is 0 Å². The molecule has 1 aliphatic heterocycles. The Hall–Kier alpha value is -1.29. The van der Waals surface area contributed by atoms with Crippen molar-refractivity contribution in [2.24, 2.45) is 5.41 Å². The van der Waals surface area contributed by atoms with E-state index in [1.54, 1.807) is 6.20 Å². The van der Waals surface area contributed by atoms with E-state index in [-0.39, 0.29) is 12.1 Å². The van der Waals surface area contributed by atoms with Gasteiger partial charge in [0.1, 0.15) is 5.60 Å². The molecule has 2 fully saturated rings. The first-order valence-electron chi connectivity index (χ1n) is 8.36. The Morgan fingerprint density at radius 1 is 1.43 bits per heavy atom. The summed E-state index contributed by atoms with van der Waals surface area (Å²) in [6, 6.07) is 4.08. The largest absolute Gasteiger partial charge is 0.444 e. The molecule has 0 radical (unpaired) electrons. The van der Waals surface area contributed by atoms with E-state index in [4.69, 9.17) is 16.3 Å². The van der Waals surface area contributed by atoms with E-state index in [0.717, 1.165) is 31.5 Å². The first kappa shape index (κ1) is 16.6. The van der Waals surface area contributed by atoms with Crippen LogP contribution in [0.1, 0.15) is 52.1 Å². The maximum absolute atomic E-state index is 12.5. The van der Waals surface area contributed by atoms with E-state index in [1.165, 1.54) is 12.8 Å². The zero-order chi connectivity index (χ0) is 16.7. The minimum absolute atomic E-state index is 0.171. The molecule has 1 aromatic rings. The fraction of sp³-hybridized carbons (Fsp3) is 0.667. The second-order valence-corrected chi connectivity index (χ2v) is 8.41. The van der Waals surface area contributed by atoms with Gasteiger partial charge < -0.3 is 9.64 Å². The van der Waals surface area contributed by atoms with Crippen LogP contribution in [0.5, 0.6) is 0 Å². The number of carbonyl (C=O) groups excluding carboxylic acids is 1. The molecule has 5 heteroatoms. The highest BCUT2D eigenvalue weighted by atomic mass is 35.5. The zero-order valence-corrected chi connectivity index (χ0v) is 14.9. The van der Waals surface area contributed by atoms with Gasteiger partial charge in [-0.25, -0.2) is 4.79 Å². The predicted molar refractivity (Wildman–Crippen MR) is 90.6 cm³/mol. The summed E-state index contributed by atoms with van der Waals surface area (Å²) >= 11 is 5.88. The summed E-state index contributed by atoms with van der Waals surface area (Å²) in [4.78, 5) is 18.8. The summed E-state index contributed by atoms with van der Waals surface area (Å²) < 4.78 is 5.59. The zero-order valence-electron chi connectivity index (χ0n) is 14.1. The van der Waals surface area contributed by atoms with Gasteiger partial charge >= 0.3 is 6.09 Å². The molecule has 0 unspecified atom stereocenters. The number of amides is 1. The van der Waals surface area contributed by atoms with Gasteiger partial charge in [-0.15, -0.1) is 0 Å². The normalized spacial score (nSPS) is 22.4. The van der Waals surface area contributed by atoms with Gasteiger partial charge in [0.2, 0.25) is 0 Å². The average Bonchev–Trinajstić information content (AvgIpc) is 3.09. The fourth-order valence-electron chi connectivity index (χ4n) is 3.36. The molecule has 1 atom stereocenters. The van der Waals surface area contributed by atoms with Crippen molar-refractivity contribution in [2.75, 3.05) is 6.54 Å². The van der Waals surface area contributed by atoms with E-state index >= 15 is 0 Å². The van der Waals surface area contributed by atoms with E-state index < -0.39 is 5.60 Å². The summed E-state index contributed by atoms with van der Waals surface area (Å²) in [6.07, 6.45) is 6.87. The van der Waals surface area contributed by atoms with Crippen LogP contribution in [-0.2, 0) is 11.2 Å². The van der Waals surface area contributed by atoms with Gasteiger partial charge in [-0.2, -0.15) is 0 Å². The summed E-state index contributed by atoms with van der Waals surface area (Å²) in [6.45, 7) is 6.60. The Kier molecular flexibility index (Phi) is 4.30. The van der Waals surface area contributed by atoms with E-state index in [9.17, 15) is 4.79 Å². The van der Waals surface area contributed by atoms with Crippen molar-refractivity contribution in [3.05, 3.63) is 29.0 Å². The molecular formula is C18H25ClN2O2. The van der Waals surface area contributed by atoms with Crippen LogP contribution in [0.25, 0.3) is 0 Å². The second kappa shape index (κ2) is 5.97. The molecule has 1 aromatic heterocycles. The van der Waals surface area contributed by atoms with Crippen LogP contribution in [0, 0.1) is 5.41 Å². The molecule has 1 aliphatic carbocycles. The molecule has 0 bridgehead atoms. The Morgan fingerprint density at radius 2 is 2.17 bits per heavy atom. The van der Waals surface area contributed by atoms with Crippen molar-refractivity contribution < 1.29 is 9.53 Å². The lowest BCUT2D eigenvalue weighted by atomic mass is 9.99. The van der Waals surface area contributed by atoms with Crippen molar-refractivity contribution >= 4 is 17.7 Å². The lowest BCUT2D eigenvalue weighted by Crippen LogP contribution is -2.40. The molecule has 0 aromatic carbocycles. The van der Waals surface area contributed by atoms with Crippen LogP contribution in [0.2, 0.25) is 5.02 Å². The Balaban J connectivity index is 1.63. The third-order valence-electron chi connectivity index (χ3n) is 4.72. The Bertz CT molecular complexity index is 576. The third-order valence-corrected chi connectivity index (χ3v) is 4.95. The molecule has 1 spiro atoms. The number of hydrogen-bond acceptors (Lipinski definition) is 3. The SMILES string of the molecule is CC(C)(C)OC(=O)N1CC2(CC2)C[C@H]1CCc1ccc(Cl)cn1. The van der Waals surface area contributed by atoms with Crippen LogP contribution in [0.4, 0.5) is 4.79 Å². The number of carbonyl (C=O) groups is 1.